The van der Waals surface area contributed by atoms with Crippen LogP contribution in [0.5, 0.6) is 0 Å². The molecule has 1 atom stereocenters. The molecular weight excluding hydrogens is 152 g/mol. The Morgan fingerprint density at radius 2 is 2.00 bits per heavy atom. The first-order valence-electron chi connectivity index (χ1n) is 4.56. The van der Waals surface area contributed by atoms with Gasteiger partial charge in [0.2, 0.25) is 0 Å². The van der Waals surface area contributed by atoms with Crippen LogP contribution in [0.25, 0.3) is 0 Å². The van der Waals surface area contributed by atoms with E-state index >= 15 is 0 Å². The molecule has 0 heterocycles. The highest BCUT2D eigenvalue weighted by molar-refractivity contribution is 6.06. The second-order valence-electron chi connectivity index (χ2n) is 4.18. The average Bonchev–Trinajstić information content (AvgIpc) is 2.00. The van der Waals surface area contributed by atoms with E-state index in [0.29, 0.717) is 12.8 Å². The van der Waals surface area contributed by atoms with Crippen molar-refractivity contribution in [1.29, 1.82) is 0 Å². The van der Waals surface area contributed by atoms with E-state index in [9.17, 15) is 9.59 Å². The van der Waals surface area contributed by atoms with Crippen LogP contribution in [0.2, 0.25) is 0 Å². The average molecular weight is 168 g/mol. The van der Waals surface area contributed by atoms with Crippen LogP contribution in [0.4, 0.5) is 0 Å². The Morgan fingerprint density at radius 3 is 2.42 bits per heavy atom. The highest BCUT2D eigenvalue weighted by Gasteiger charge is 2.40. The zero-order valence-electron chi connectivity index (χ0n) is 8.02. The minimum atomic E-state index is -0.311. The molecule has 1 saturated carbocycles. The number of carbonyl (C=O) groups is 2. The minimum absolute atomic E-state index is 0.140. The zero-order valence-corrected chi connectivity index (χ0v) is 8.02. The second-order valence-corrected chi connectivity index (χ2v) is 4.18. The SMILES string of the molecule is CCC1C(=O)CCC(C)(C)C1=O. The molecule has 1 unspecified atom stereocenters. The van der Waals surface area contributed by atoms with Crippen molar-refractivity contribution in [3.63, 3.8) is 0 Å². The molecular formula is C10H16O2. The summed E-state index contributed by atoms with van der Waals surface area (Å²) in [6.45, 7) is 5.77. The summed E-state index contributed by atoms with van der Waals surface area (Å²) in [6.07, 6.45) is 1.97. The number of rotatable bonds is 1. The fourth-order valence-corrected chi connectivity index (χ4v) is 1.76. The van der Waals surface area contributed by atoms with Gasteiger partial charge in [0, 0.05) is 11.8 Å². The van der Waals surface area contributed by atoms with E-state index < -0.39 is 0 Å². The molecule has 0 aromatic heterocycles. The lowest BCUT2D eigenvalue weighted by Gasteiger charge is -2.31. The summed E-state index contributed by atoms with van der Waals surface area (Å²) in [5.74, 6) is -0.0307. The first kappa shape index (κ1) is 9.43. The van der Waals surface area contributed by atoms with Gasteiger partial charge in [0.25, 0.3) is 0 Å². The van der Waals surface area contributed by atoms with Gasteiger partial charge in [0.15, 0.2) is 0 Å². The summed E-state index contributed by atoms with van der Waals surface area (Å²) < 4.78 is 0. The molecule has 1 rings (SSSR count). The maximum atomic E-state index is 11.7. The molecule has 2 nitrogen and oxygen atoms in total. The van der Waals surface area contributed by atoms with Crippen LogP contribution in [0, 0.1) is 11.3 Å². The summed E-state index contributed by atoms with van der Waals surface area (Å²) in [7, 11) is 0. The van der Waals surface area contributed by atoms with Gasteiger partial charge in [-0.1, -0.05) is 20.8 Å². The van der Waals surface area contributed by atoms with Crippen molar-refractivity contribution in [3.8, 4) is 0 Å². The van der Waals surface area contributed by atoms with Gasteiger partial charge < -0.3 is 0 Å². The molecule has 1 fully saturated rings. The highest BCUT2D eigenvalue weighted by Crippen LogP contribution is 2.34. The number of carbonyl (C=O) groups excluding carboxylic acids is 2. The smallest absolute Gasteiger partial charge is 0.148 e. The molecule has 0 aliphatic heterocycles. The Hall–Kier alpha value is -0.660. The van der Waals surface area contributed by atoms with Gasteiger partial charge in [-0.15, -0.1) is 0 Å². The Labute approximate surface area is 73.3 Å². The maximum absolute atomic E-state index is 11.7. The van der Waals surface area contributed by atoms with E-state index in [1.807, 2.05) is 20.8 Å². The quantitative estimate of drug-likeness (QED) is 0.561. The van der Waals surface area contributed by atoms with E-state index in [1.54, 1.807) is 0 Å². The van der Waals surface area contributed by atoms with Crippen molar-refractivity contribution in [3.05, 3.63) is 0 Å². The van der Waals surface area contributed by atoms with Crippen LogP contribution in [0.3, 0.4) is 0 Å². The molecule has 0 aromatic carbocycles. The van der Waals surface area contributed by atoms with E-state index in [2.05, 4.69) is 0 Å². The second kappa shape index (κ2) is 3.00. The summed E-state index contributed by atoms with van der Waals surface area (Å²) in [6, 6.07) is 0. The Morgan fingerprint density at radius 1 is 1.42 bits per heavy atom. The van der Waals surface area contributed by atoms with E-state index in [1.165, 1.54) is 0 Å². The maximum Gasteiger partial charge on any atom is 0.148 e. The van der Waals surface area contributed by atoms with Gasteiger partial charge in [-0.25, -0.2) is 0 Å². The molecule has 2 heteroatoms. The molecule has 0 aromatic rings. The Kier molecular flexibility index (Phi) is 2.36. The zero-order chi connectivity index (χ0) is 9.35. The van der Waals surface area contributed by atoms with Gasteiger partial charge in [-0.05, 0) is 12.8 Å². The fraction of sp³-hybridized carbons (Fsp3) is 0.800. The van der Waals surface area contributed by atoms with Crippen molar-refractivity contribution < 1.29 is 9.59 Å². The first-order valence-corrected chi connectivity index (χ1v) is 4.56. The predicted molar refractivity (Wildman–Crippen MR) is 46.8 cm³/mol. The van der Waals surface area contributed by atoms with Crippen molar-refractivity contribution in [2.45, 2.75) is 40.0 Å². The van der Waals surface area contributed by atoms with Crippen molar-refractivity contribution in [2.75, 3.05) is 0 Å². The lowest BCUT2D eigenvalue weighted by Crippen LogP contribution is -2.40. The predicted octanol–water partition coefficient (Wildman–Crippen LogP) is 1.97. The largest absolute Gasteiger partial charge is 0.299 e. The third kappa shape index (κ3) is 1.43. The van der Waals surface area contributed by atoms with Crippen LogP contribution in [-0.2, 0) is 9.59 Å². The molecule has 0 bridgehead atoms. The monoisotopic (exact) mass is 168 g/mol. The van der Waals surface area contributed by atoms with E-state index in [-0.39, 0.29) is 22.9 Å². The number of hydrogen-bond donors (Lipinski definition) is 0. The lowest BCUT2D eigenvalue weighted by molar-refractivity contribution is -0.142. The molecule has 0 N–H and O–H groups in total. The van der Waals surface area contributed by atoms with Gasteiger partial charge in [0.1, 0.15) is 11.6 Å². The first-order chi connectivity index (χ1) is 5.49. The molecule has 12 heavy (non-hydrogen) atoms. The van der Waals surface area contributed by atoms with E-state index in [0.717, 1.165) is 6.42 Å². The van der Waals surface area contributed by atoms with Crippen molar-refractivity contribution in [2.24, 2.45) is 11.3 Å². The number of ketones is 2. The standard InChI is InChI=1S/C10H16O2/c1-4-7-8(11)5-6-10(2,3)9(7)12/h7H,4-6H2,1-3H3. The van der Waals surface area contributed by atoms with Gasteiger partial charge in [-0.2, -0.15) is 0 Å². The Bertz CT molecular complexity index is 216. The van der Waals surface area contributed by atoms with Crippen LogP contribution in [-0.4, -0.2) is 11.6 Å². The van der Waals surface area contributed by atoms with Crippen LogP contribution in [0.15, 0.2) is 0 Å². The summed E-state index contributed by atoms with van der Waals surface area (Å²) in [5.41, 5.74) is -0.269. The molecule has 0 spiro atoms. The number of hydrogen-bond acceptors (Lipinski definition) is 2. The van der Waals surface area contributed by atoms with Gasteiger partial charge >= 0.3 is 0 Å². The third-order valence-electron chi connectivity index (χ3n) is 2.78. The normalized spacial score (nSPS) is 29.1. The Balaban J connectivity index is 2.85. The van der Waals surface area contributed by atoms with Gasteiger partial charge in [-0.3, -0.25) is 9.59 Å². The molecule has 0 saturated heterocycles. The van der Waals surface area contributed by atoms with Crippen molar-refractivity contribution in [1.82, 2.24) is 0 Å². The minimum Gasteiger partial charge on any atom is -0.299 e. The topological polar surface area (TPSA) is 34.1 Å². The van der Waals surface area contributed by atoms with Crippen molar-refractivity contribution >= 4 is 11.6 Å². The molecule has 1 aliphatic rings. The summed E-state index contributed by atoms with van der Waals surface area (Å²) in [5, 5.41) is 0. The molecule has 0 radical (unpaired) electrons. The summed E-state index contributed by atoms with van der Waals surface area (Å²) >= 11 is 0. The van der Waals surface area contributed by atoms with Crippen LogP contribution >= 0.6 is 0 Å². The number of Topliss-reactive ketones (excluding diaryl/α,β-unsaturated/α-hetero) is 2. The summed E-state index contributed by atoms with van der Waals surface area (Å²) in [4.78, 5) is 23.0. The molecule has 68 valence electrons. The van der Waals surface area contributed by atoms with Crippen LogP contribution < -0.4 is 0 Å². The van der Waals surface area contributed by atoms with Gasteiger partial charge in [0.05, 0.1) is 5.92 Å². The molecule has 1 aliphatic carbocycles. The fourth-order valence-electron chi connectivity index (χ4n) is 1.76. The third-order valence-corrected chi connectivity index (χ3v) is 2.78. The highest BCUT2D eigenvalue weighted by atomic mass is 16.2. The lowest BCUT2D eigenvalue weighted by atomic mass is 9.70. The van der Waals surface area contributed by atoms with E-state index in [4.69, 9.17) is 0 Å². The molecule has 0 amide bonds. The van der Waals surface area contributed by atoms with Crippen LogP contribution in [0.1, 0.15) is 40.0 Å².